The number of ether oxygens (including phenoxy) is 1. The van der Waals surface area contributed by atoms with Gasteiger partial charge < -0.3 is 10.5 Å². The van der Waals surface area contributed by atoms with E-state index in [1.807, 2.05) is 27.7 Å². The van der Waals surface area contributed by atoms with Crippen LogP contribution >= 0.6 is 11.3 Å². The largest absolute Gasteiger partial charge is 0.443 e. The van der Waals surface area contributed by atoms with E-state index in [0.717, 1.165) is 10.6 Å². The number of thiazole rings is 1. The van der Waals surface area contributed by atoms with Gasteiger partial charge in [0.25, 0.3) is 0 Å². The molecule has 0 aromatic carbocycles. The number of nitrogens with two attached hydrogens (primary N) is 1. The summed E-state index contributed by atoms with van der Waals surface area (Å²) in [5.41, 5.74) is 6.51. The van der Waals surface area contributed by atoms with Gasteiger partial charge in [-0.25, -0.2) is 19.7 Å². The molecule has 118 valence electrons. The van der Waals surface area contributed by atoms with E-state index in [1.54, 1.807) is 19.3 Å². The number of hydrogen-bond donors (Lipinski definition) is 1. The third kappa shape index (κ3) is 3.70. The fourth-order valence-electron chi connectivity index (χ4n) is 1.67. The average molecular weight is 321 g/mol. The normalized spacial score (nSPS) is 11.3. The first-order valence-corrected chi connectivity index (χ1v) is 7.52. The van der Waals surface area contributed by atoms with Gasteiger partial charge in [-0.3, -0.25) is 4.90 Å². The van der Waals surface area contributed by atoms with Crippen LogP contribution in [0.1, 0.15) is 26.5 Å². The van der Waals surface area contributed by atoms with Gasteiger partial charge in [-0.05, 0) is 33.8 Å². The standard InChI is InChI=1S/C14H19N5O2S/c1-8-10(9-6-7-16-11(15)18-9)22-12(17-8)19(5)13(20)21-14(2,3)4/h6-7H,1-5H3,(H2,15,16,18). The van der Waals surface area contributed by atoms with E-state index >= 15 is 0 Å². The maximum Gasteiger partial charge on any atom is 0.416 e. The first-order valence-electron chi connectivity index (χ1n) is 6.70. The third-order valence-corrected chi connectivity index (χ3v) is 3.90. The number of rotatable bonds is 2. The molecule has 0 fully saturated rings. The first kappa shape index (κ1) is 16.2. The minimum atomic E-state index is -0.554. The van der Waals surface area contributed by atoms with Crippen LogP contribution in [-0.4, -0.2) is 33.7 Å². The SMILES string of the molecule is Cc1nc(N(C)C(=O)OC(C)(C)C)sc1-c1ccnc(N)n1. The molecule has 22 heavy (non-hydrogen) atoms. The van der Waals surface area contributed by atoms with Gasteiger partial charge >= 0.3 is 6.09 Å². The molecule has 0 saturated heterocycles. The van der Waals surface area contributed by atoms with E-state index in [9.17, 15) is 4.79 Å². The Morgan fingerprint density at radius 1 is 1.36 bits per heavy atom. The lowest BCUT2D eigenvalue weighted by atomic mass is 10.2. The highest BCUT2D eigenvalue weighted by atomic mass is 32.1. The maximum absolute atomic E-state index is 12.1. The molecule has 2 N–H and O–H groups in total. The number of nitrogen functional groups attached to an aromatic ring is 1. The second-order valence-corrected chi connectivity index (χ2v) is 6.73. The molecular formula is C14H19N5O2S. The number of nitrogens with zero attached hydrogens (tertiary/aromatic N) is 4. The minimum Gasteiger partial charge on any atom is -0.443 e. The molecular weight excluding hydrogens is 302 g/mol. The van der Waals surface area contributed by atoms with E-state index in [2.05, 4.69) is 15.0 Å². The van der Waals surface area contributed by atoms with Crippen LogP contribution in [-0.2, 0) is 4.74 Å². The van der Waals surface area contributed by atoms with Gasteiger partial charge in [0.05, 0.1) is 16.3 Å². The van der Waals surface area contributed by atoms with E-state index < -0.39 is 11.7 Å². The monoisotopic (exact) mass is 321 g/mol. The van der Waals surface area contributed by atoms with Gasteiger partial charge in [0.2, 0.25) is 5.95 Å². The highest BCUT2D eigenvalue weighted by Gasteiger charge is 2.23. The number of carbonyl (C=O) groups is 1. The molecule has 2 heterocycles. The van der Waals surface area contributed by atoms with Crippen LogP contribution in [0.2, 0.25) is 0 Å². The maximum atomic E-state index is 12.1. The zero-order valence-corrected chi connectivity index (χ0v) is 14.1. The Kier molecular flexibility index (Phi) is 4.32. The van der Waals surface area contributed by atoms with Crippen molar-refractivity contribution < 1.29 is 9.53 Å². The van der Waals surface area contributed by atoms with Crippen molar-refractivity contribution in [1.82, 2.24) is 15.0 Å². The number of aromatic nitrogens is 3. The van der Waals surface area contributed by atoms with E-state index in [4.69, 9.17) is 10.5 Å². The quantitative estimate of drug-likeness (QED) is 0.914. The molecule has 0 aliphatic rings. The Morgan fingerprint density at radius 3 is 2.64 bits per heavy atom. The summed E-state index contributed by atoms with van der Waals surface area (Å²) in [6.07, 6.45) is 1.14. The van der Waals surface area contributed by atoms with Crippen molar-refractivity contribution in [3.8, 4) is 10.6 Å². The highest BCUT2D eigenvalue weighted by Crippen LogP contribution is 2.33. The summed E-state index contributed by atoms with van der Waals surface area (Å²) in [5.74, 6) is 0.201. The molecule has 0 bridgehead atoms. The van der Waals surface area contributed by atoms with Crippen LogP contribution in [0.4, 0.5) is 15.9 Å². The zero-order chi connectivity index (χ0) is 16.5. The van der Waals surface area contributed by atoms with E-state index in [1.165, 1.54) is 16.2 Å². The molecule has 1 amide bonds. The lowest BCUT2D eigenvalue weighted by molar-refractivity contribution is 0.0589. The fourth-order valence-corrected chi connectivity index (χ4v) is 2.66. The lowest BCUT2D eigenvalue weighted by Gasteiger charge is -2.23. The second kappa shape index (κ2) is 5.88. The van der Waals surface area contributed by atoms with Crippen LogP contribution in [0, 0.1) is 6.92 Å². The number of hydrogen-bond acceptors (Lipinski definition) is 7. The molecule has 0 radical (unpaired) electrons. The van der Waals surface area contributed by atoms with Crippen molar-refractivity contribution in [3.05, 3.63) is 18.0 Å². The Balaban J connectivity index is 2.28. The van der Waals surface area contributed by atoms with Crippen LogP contribution in [0.5, 0.6) is 0 Å². The summed E-state index contributed by atoms with van der Waals surface area (Å²) in [7, 11) is 1.63. The molecule has 0 atom stereocenters. The van der Waals surface area contributed by atoms with Crippen molar-refractivity contribution >= 4 is 28.5 Å². The zero-order valence-electron chi connectivity index (χ0n) is 13.2. The first-order chi connectivity index (χ1) is 10.2. The summed E-state index contributed by atoms with van der Waals surface area (Å²) < 4.78 is 5.34. The topological polar surface area (TPSA) is 94.2 Å². The molecule has 0 aliphatic heterocycles. The molecule has 0 aliphatic carbocycles. The molecule has 2 aromatic heterocycles. The Bertz CT molecular complexity index is 693. The third-order valence-electron chi connectivity index (χ3n) is 2.65. The molecule has 2 aromatic rings. The Labute approximate surface area is 133 Å². The smallest absolute Gasteiger partial charge is 0.416 e. The van der Waals surface area contributed by atoms with E-state index in [0.29, 0.717) is 10.8 Å². The fraction of sp³-hybridized carbons (Fsp3) is 0.429. The van der Waals surface area contributed by atoms with Gasteiger partial charge in [-0.2, -0.15) is 0 Å². The predicted octanol–water partition coefficient (Wildman–Crippen LogP) is 2.86. The average Bonchev–Trinajstić information content (AvgIpc) is 2.78. The van der Waals surface area contributed by atoms with Crippen LogP contribution < -0.4 is 10.6 Å². The summed E-state index contributed by atoms with van der Waals surface area (Å²) >= 11 is 1.35. The van der Waals surface area contributed by atoms with Crippen LogP contribution in [0.3, 0.4) is 0 Å². The van der Waals surface area contributed by atoms with Crippen molar-refractivity contribution in [2.45, 2.75) is 33.3 Å². The van der Waals surface area contributed by atoms with Crippen molar-refractivity contribution in [2.24, 2.45) is 0 Å². The molecule has 0 saturated carbocycles. The summed E-state index contributed by atoms with van der Waals surface area (Å²) in [5, 5.41) is 0.541. The number of amides is 1. The molecule has 0 unspecified atom stereocenters. The molecule has 7 nitrogen and oxygen atoms in total. The van der Waals surface area contributed by atoms with Crippen molar-refractivity contribution in [1.29, 1.82) is 0 Å². The van der Waals surface area contributed by atoms with Crippen LogP contribution in [0.25, 0.3) is 10.6 Å². The summed E-state index contributed by atoms with van der Waals surface area (Å²) in [6, 6.07) is 1.76. The predicted molar refractivity (Wildman–Crippen MR) is 86.9 cm³/mol. The van der Waals surface area contributed by atoms with Gasteiger partial charge in [0.1, 0.15) is 5.60 Å². The number of aryl methyl sites for hydroxylation is 1. The summed E-state index contributed by atoms with van der Waals surface area (Å²) in [6.45, 7) is 7.32. The van der Waals surface area contributed by atoms with Gasteiger partial charge in [0.15, 0.2) is 5.13 Å². The number of anilines is 2. The second-order valence-electron chi connectivity index (χ2n) is 5.75. The van der Waals surface area contributed by atoms with Crippen molar-refractivity contribution in [3.63, 3.8) is 0 Å². The number of carbonyl (C=O) groups excluding carboxylic acids is 1. The van der Waals surface area contributed by atoms with Gasteiger partial charge in [-0.1, -0.05) is 11.3 Å². The van der Waals surface area contributed by atoms with Crippen LogP contribution in [0.15, 0.2) is 12.3 Å². The summed E-state index contributed by atoms with van der Waals surface area (Å²) in [4.78, 5) is 26.8. The Morgan fingerprint density at radius 2 is 2.05 bits per heavy atom. The van der Waals surface area contributed by atoms with Crippen molar-refractivity contribution in [2.75, 3.05) is 17.7 Å². The Hall–Kier alpha value is -2.22. The van der Waals surface area contributed by atoms with E-state index in [-0.39, 0.29) is 5.95 Å². The molecule has 8 heteroatoms. The highest BCUT2D eigenvalue weighted by molar-refractivity contribution is 7.19. The van der Waals surface area contributed by atoms with Gasteiger partial charge in [0, 0.05) is 13.2 Å². The minimum absolute atomic E-state index is 0.201. The van der Waals surface area contributed by atoms with Gasteiger partial charge in [-0.15, -0.1) is 0 Å². The molecule has 2 rings (SSSR count). The molecule has 0 spiro atoms. The lowest BCUT2D eigenvalue weighted by Crippen LogP contribution is -2.34.